The van der Waals surface area contributed by atoms with Crippen LogP contribution in [0, 0.1) is 5.92 Å². The second-order valence-corrected chi connectivity index (χ2v) is 12.7. The van der Waals surface area contributed by atoms with Crippen LogP contribution in [-0.2, 0) is 28.5 Å². The van der Waals surface area contributed by atoms with Crippen LogP contribution in [-0.4, -0.2) is 108 Å². The number of nitrogens with one attached hydrogen (secondary N) is 1. The summed E-state index contributed by atoms with van der Waals surface area (Å²) in [4.78, 5) is 26.5. The Morgan fingerprint density at radius 3 is 2.56 bits per heavy atom. The van der Waals surface area contributed by atoms with Gasteiger partial charge in [-0.15, -0.1) is 0 Å². The number of ether oxygens (including phenoxy) is 4. The van der Waals surface area contributed by atoms with E-state index in [1.165, 1.54) is 12.2 Å². The van der Waals surface area contributed by atoms with Crippen LogP contribution in [0.4, 0.5) is 0 Å². The topological polar surface area (TPSA) is 130 Å². The summed E-state index contributed by atoms with van der Waals surface area (Å²) in [6, 6.07) is -0.152. The van der Waals surface area contributed by atoms with Crippen molar-refractivity contribution >= 4 is 11.8 Å². The van der Waals surface area contributed by atoms with Gasteiger partial charge in [0.2, 0.25) is 11.8 Å². The second-order valence-electron chi connectivity index (χ2n) is 12.7. The van der Waals surface area contributed by atoms with Crippen molar-refractivity contribution in [1.82, 2.24) is 10.2 Å². The van der Waals surface area contributed by atoms with Gasteiger partial charge in [-0.1, -0.05) is 36.8 Å². The lowest BCUT2D eigenvalue weighted by Crippen LogP contribution is -2.53. The van der Waals surface area contributed by atoms with Gasteiger partial charge in [0.25, 0.3) is 0 Å². The van der Waals surface area contributed by atoms with Gasteiger partial charge in [0.1, 0.15) is 17.8 Å². The van der Waals surface area contributed by atoms with Crippen molar-refractivity contribution in [2.24, 2.45) is 5.92 Å². The van der Waals surface area contributed by atoms with Gasteiger partial charge in [0.05, 0.1) is 56.2 Å². The van der Waals surface area contributed by atoms with Gasteiger partial charge in [0.15, 0.2) is 0 Å². The van der Waals surface area contributed by atoms with Crippen molar-refractivity contribution < 1.29 is 38.7 Å². The summed E-state index contributed by atoms with van der Waals surface area (Å²) in [6.45, 7) is 12.8. The Morgan fingerprint density at radius 1 is 1.17 bits per heavy atom. The average Bonchev–Trinajstić information content (AvgIpc) is 3.69. The summed E-state index contributed by atoms with van der Waals surface area (Å²) in [5, 5.41) is 23.9. The molecule has 2 amide bonds. The lowest BCUT2D eigenvalue weighted by molar-refractivity contribution is -0.171. The summed E-state index contributed by atoms with van der Waals surface area (Å²) in [5.41, 5.74) is 0.233. The van der Waals surface area contributed by atoms with E-state index in [4.69, 9.17) is 18.9 Å². The van der Waals surface area contributed by atoms with Crippen LogP contribution in [0.15, 0.2) is 36.0 Å². The van der Waals surface area contributed by atoms with Crippen LogP contribution in [0.25, 0.3) is 0 Å². The number of epoxide rings is 1. The molecule has 0 saturated carbocycles. The van der Waals surface area contributed by atoms with E-state index in [0.717, 1.165) is 18.4 Å². The Hall–Kier alpha value is -2.08. The molecule has 0 radical (unpaired) electrons. The van der Waals surface area contributed by atoms with Crippen molar-refractivity contribution in [3.05, 3.63) is 36.0 Å². The number of hydrogen-bond acceptors (Lipinski definition) is 8. The quantitative estimate of drug-likeness (QED) is 0.216. The summed E-state index contributed by atoms with van der Waals surface area (Å²) >= 11 is 0. The molecular weight excluding hydrogens is 528 g/mol. The Balaban J connectivity index is 1.21. The van der Waals surface area contributed by atoms with Crippen molar-refractivity contribution in [3.8, 4) is 0 Å². The summed E-state index contributed by atoms with van der Waals surface area (Å²) < 4.78 is 23.2. The van der Waals surface area contributed by atoms with Gasteiger partial charge < -0.3 is 39.4 Å². The fourth-order valence-electron chi connectivity index (χ4n) is 6.06. The van der Waals surface area contributed by atoms with Gasteiger partial charge in [-0.05, 0) is 46.5 Å². The fourth-order valence-corrected chi connectivity index (χ4v) is 6.06. The highest BCUT2D eigenvalue weighted by Gasteiger charge is 2.60. The van der Waals surface area contributed by atoms with Crippen LogP contribution < -0.4 is 5.32 Å². The largest absolute Gasteiger partial charge is 0.388 e. The van der Waals surface area contributed by atoms with E-state index in [9.17, 15) is 19.8 Å². The zero-order valence-electron chi connectivity index (χ0n) is 25.1. The molecule has 4 saturated heterocycles. The molecule has 3 N–H and O–H groups in total. The molecule has 10 heteroatoms. The molecule has 8 atom stereocenters. The molecule has 1 unspecified atom stereocenters. The van der Waals surface area contributed by atoms with Gasteiger partial charge >= 0.3 is 0 Å². The number of carbonyl (C=O) groups is 2. The average molecular weight is 577 g/mol. The SMILES string of the molecule is CC(/C=C/[C@H]1OC(C)(C)C[C@@]2(CO2)[C@@H]1O)=C\C[C@@H]1O[C@H](C)C(NC(=O)/C=C\[C@H](O)CC(=O)N2CCOCC2)C[C@@H]1C. The molecule has 0 aliphatic carbocycles. The molecule has 4 aliphatic rings. The number of nitrogens with zero attached hydrogens (tertiary/aromatic N) is 1. The van der Waals surface area contributed by atoms with Gasteiger partial charge in [-0.3, -0.25) is 9.59 Å². The number of amides is 2. The standard InChI is InChI=1S/C31H48N2O8/c1-20(7-10-26-29(37)31(19-39-31)18-30(4,5)41-26)6-9-25-21(2)16-24(22(3)40-25)32-27(35)11-8-23(34)17-28(36)33-12-14-38-15-13-33/h6-8,10-11,21-26,29,34,37H,9,12-19H2,1-5H3,(H,32,35)/b10-7+,11-8-,20-6+/t21-,22+,23-,24?,25-,26+,29+,31+/m0/s1. The third-order valence-corrected chi connectivity index (χ3v) is 8.53. The van der Waals surface area contributed by atoms with Gasteiger partial charge in [0, 0.05) is 25.6 Å². The summed E-state index contributed by atoms with van der Waals surface area (Å²) in [6.07, 6.45) is 8.56. The number of carbonyl (C=O) groups excluding carboxylic acids is 2. The zero-order chi connectivity index (χ0) is 29.8. The maximum Gasteiger partial charge on any atom is 0.244 e. The molecule has 230 valence electrons. The molecule has 4 heterocycles. The van der Waals surface area contributed by atoms with Crippen molar-refractivity contribution in [2.75, 3.05) is 32.9 Å². The van der Waals surface area contributed by atoms with Crippen LogP contribution >= 0.6 is 0 Å². The molecule has 4 fully saturated rings. The molecule has 10 nitrogen and oxygen atoms in total. The van der Waals surface area contributed by atoms with E-state index in [1.54, 1.807) is 4.90 Å². The number of allylic oxidation sites excluding steroid dienone is 2. The zero-order valence-corrected chi connectivity index (χ0v) is 25.1. The van der Waals surface area contributed by atoms with Gasteiger partial charge in [-0.2, -0.15) is 0 Å². The van der Waals surface area contributed by atoms with Crippen LogP contribution in [0.1, 0.15) is 60.3 Å². The Morgan fingerprint density at radius 2 is 1.88 bits per heavy atom. The third-order valence-electron chi connectivity index (χ3n) is 8.53. The van der Waals surface area contributed by atoms with E-state index in [-0.39, 0.29) is 48.0 Å². The normalized spacial score (nSPS) is 36.6. The number of aliphatic hydroxyl groups excluding tert-OH is 2. The Bertz CT molecular complexity index is 1010. The molecule has 0 aromatic rings. The minimum atomic E-state index is -1.02. The first kappa shape index (κ1) is 31.8. The summed E-state index contributed by atoms with van der Waals surface area (Å²) in [7, 11) is 0. The minimum absolute atomic E-state index is 0.0173. The Labute approximate surface area is 243 Å². The molecule has 41 heavy (non-hydrogen) atoms. The minimum Gasteiger partial charge on any atom is -0.388 e. The van der Waals surface area contributed by atoms with E-state index in [2.05, 4.69) is 18.3 Å². The lowest BCUT2D eigenvalue weighted by atomic mass is 9.83. The maximum absolute atomic E-state index is 12.5. The van der Waals surface area contributed by atoms with Crippen LogP contribution in [0.3, 0.4) is 0 Å². The fraction of sp³-hybridized carbons (Fsp3) is 0.742. The predicted octanol–water partition coefficient (Wildman–Crippen LogP) is 2.04. The maximum atomic E-state index is 12.5. The van der Waals surface area contributed by atoms with Gasteiger partial charge in [-0.25, -0.2) is 0 Å². The number of hydrogen-bond donors (Lipinski definition) is 3. The Kier molecular flexibility index (Phi) is 10.5. The van der Waals surface area contributed by atoms with Crippen molar-refractivity contribution in [3.63, 3.8) is 0 Å². The van der Waals surface area contributed by atoms with E-state index in [1.807, 2.05) is 39.8 Å². The van der Waals surface area contributed by atoms with Crippen molar-refractivity contribution in [2.45, 2.75) is 108 Å². The highest BCUT2D eigenvalue weighted by molar-refractivity contribution is 5.88. The summed E-state index contributed by atoms with van der Waals surface area (Å²) in [5.74, 6) is -0.241. The van der Waals surface area contributed by atoms with E-state index < -0.39 is 23.9 Å². The molecule has 4 rings (SSSR count). The highest BCUT2D eigenvalue weighted by atomic mass is 16.6. The smallest absolute Gasteiger partial charge is 0.244 e. The third kappa shape index (κ3) is 8.72. The van der Waals surface area contributed by atoms with Crippen LogP contribution in [0.5, 0.6) is 0 Å². The monoisotopic (exact) mass is 576 g/mol. The molecular formula is C31H48N2O8. The lowest BCUT2D eigenvalue weighted by Gasteiger charge is -2.41. The molecule has 4 aliphatic heterocycles. The van der Waals surface area contributed by atoms with Crippen LogP contribution in [0.2, 0.25) is 0 Å². The van der Waals surface area contributed by atoms with E-state index in [0.29, 0.717) is 39.3 Å². The second kappa shape index (κ2) is 13.5. The molecule has 1 spiro atoms. The number of morpholine rings is 1. The predicted molar refractivity (Wildman–Crippen MR) is 153 cm³/mol. The number of aliphatic hydroxyl groups is 2. The first-order valence-electron chi connectivity index (χ1n) is 14.9. The number of rotatable bonds is 9. The first-order chi connectivity index (χ1) is 19.4. The molecule has 0 aromatic carbocycles. The molecule has 0 aromatic heterocycles. The highest BCUT2D eigenvalue weighted by Crippen LogP contribution is 2.46. The first-order valence-corrected chi connectivity index (χ1v) is 14.9. The molecule has 0 bridgehead atoms. The van der Waals surface area contributed by atoms with E-state index >= 15 is 0 Å². The van der Waals surface area contributed by atoms with Crippen molar-refractivity contribution in [1.29, 1.82) is 0 Å².